The zero-order valence-electron chi connectivity index (χ0n) is 13.3. The molecule has 0 aliphatic carbocycles. The molecule has 7 heteroatoms. The molecule has 0 spiro atoms. The molecule has 0 saturated heterocycles. The van der Waals surface area contributed by atoms with E-state index in [1.54, 1.807) is 31.5 Å². The van der Waals surface area contributed by atoms with E-state index in [1.165, 1.54) is 16.2 Å². The molecule has 0 radical (unpaired) electrons. The van der Waals surface area contributed by atoms with Crippen LogP contribution in [-0.4, -0.2) is 24.0 Å². The molecule has 3 rings (SSSR count). The molecule has 122 valence electrons. The molecule has 2 N–H and O–H groups in total. The highest BCUT2D eigenvalue weighted by molar-refractivity contribution is 7.21. The third kappa shape index (κ3) is 2.39. The summed E-state index contributed by atoms with van der Waals surface area (Å²) in [6.45, 7) is 5.68. The van der Waals surface area contributed by atoms with Gasteiger partial charge in [-0.3, -0.25) is 9.69 Å². The van der Waals surface area contributed by atoms with Crippen molar-refractivity contribution in [2.75, 3.05) is 17.3 Å². The number of carbonyl (C=O) groups excluding carboxylic acids is 2. The Hall–Kier alpha value is -2.93. The number of amides is 3. The second-order valence-electron chi connectivity index (χ2n) is 4.98. The molecule has 0 unspecified atom stereocenters. The lowest BCUT2D eigenvalue weighted by atomic mass is 10.1. The lowest BCUT2D eigenvalue weighted by Crippen LogP contribution is -2.37. The Kier molecular flexibility index (Phi) is 4.18. The molecule has 0 saturated carbocycles. The standard InChI is InChI=1S/C17H16N4O2S/c1-4-6-7-10(5-2)21-11-8-9-19-16-12(11)13(20-17(21)23)14(24-16)15(22)18-3/h4-9H,2H2,1,3H3,(H,18,22)(H,20,23)/b6-4-,10-7+. The van der Waals surface area contributed by atoms with Crippen LogP contribution in [0.25, 0.3) is 10.2 Å². The van der Waals surface area contributed by atoms with Crippen molar-refractivity contribution in [3.8, 4) is 0 Å². The van der Waals surface area contributed by atoms with Crippen molar-refractivity contribution in [3.05, 3.63) is 53.7 Å². The molecule has 6 nitrogen and oxygen atoms in total. The number of nitrogens with zero attached hydrogens (tertiary/aromatic N) is 2. The van der Waals surface area contributed by atoms with Crippen LogP contribution >= 0.6 is 11.3 Å². The van der Waals surface area contributed by atoms with Crippen LogP contribution in [0.3, 0.4) is 0 Å². The zero-order valence-corrected chi connectivity index (χ0v) is 14.1. The lowest BCUT2D eigenvalue weighted by molar-refractivity contribution is 0.0968. The Bertz CT molecular complexity index is 911. The quantitative estimate of drug-likeness (QED) is 0.834. The van der Waals surface area contributed by atoms with Crippen LogP contribution in [0.1, 0.15) is 16.6 Å². The van der Waals surface area contributed by atoms with Gasteiger partial charge in [-0.25, -0.2) is 9.78 Å². The average Bonchev–Trinajstić information content (AvgIpc) is 2.96. The SMILES string of the molecule is C=C/C(=C\C=C/C)N1C(=O)Nc2c(C(=O)NC)sc3nccc1c23. The summed E-state index contributed by atoms with van der Waals surface area (Å²) in [5.41, 5.74) is 1.82. The van der Waals surface area contributed by atoms with Crippen molar-refractivity contribution in [2.24, 2.45) is 0 Å². The Morgan fingerprint density at radius 2 is 2.29 bits per heavy atom. The second kappa shape index (κ2) is 6.29. The molecule has 0 fully saturated rings. The first-order chi connectivity index (χ1) is 11.6. The minimum absolute atomic E-state index is 0.249. The number of pyridine rings is 1. The van der Waals surface area contributed by atoms with E-state index in [9.17, 15) is 9.59 Å². The number of rotatable bonds is 4. The Morgan fingerprint density at radius 1 is 1.50 bits per heavy atom. The van der Waals surface area contributed by atoms with Gasteiger partial charge in [0.15, 0.2) is 0 Å². The number of aromatic nitrogens is 1. The lowest BCUT2D eigenvalue weighted by Gasteiger charge is -2.28. The van der Waals surface area contributed by atoms with Gasteiger partial charge in [-0.2, -0.15) is 0 Å². The van der Waals surface area contributed by atoms with Crippen molar-refractivity contribution in [1.29, 1.82) is 0 Å². The largest absolute Gasteiger partial charge is 0.354 e. The van der Waals surface area contributed by atoms with Crippen LogP contribution in [0.5, 0.6) is 0 Å². The fourth-order valence-corrected chi connectivity index (χ4v) is 3.61. The van der Waals surface area contributed by atoms with Gasteiger partial charge in [0.2, 0.25) is 0 Å². The van der Waals surface area contributed by atoms with Crippen molar-refractivity contribution < 1.29 is 9.59 Å². The maximum absolute atomic E-state index is 12.7. The van der Waals surface area contributed by atoms with Crippen LogP contribution in [0, 0.1) is 0 Å². The maximum Gasteiger partial charge on any atom is 0.331 e. The van der Waals surface area contributed by atoms with E-state index in [1.807, 2.05) is 19.1 Å². The molecular formula is C17H16N4O2S. The maximum atomic E-state index is 12.7. The highest BCUT2D eigenvalue weighted by Gasteiger charge is 2.32. The van der Waals surface area contributed by atoms with Gasteiger partial charge in [-0.05, 0) is 25.1 Å². The summed E-state index contributed by atoms with van der Waals surface area (Å²) >= 11 is 1.25. The molecule has 24 heavy (non-hydrogen) atoms. The number of thiophene rings is 1. The van der Waals surface area contributed by atoms with Crippen LogP contribution in [0.2, 0.25) is 0 Å². The Morgan fingerprint density at radius 3 is 2.96 bits per heavy atom. The number of allylic oxidation sites excluding steroid dienone is 4. The van der Waals surface area contributed by atoms with E-state index in [0.29, 0.717) is 26.8 Å². The zero-order chi connectivity index (χ0) is 17.3. The number of anilines is 2. The number of carbonyl (C=O) groups is 2. The highest BCUT2D eigenvalue weighted by Crippen LogP contribution is 2.44. The number of urea groups is 1. The summed E-state index contributed by atoms with van der Waals surface area (Å²) in [6, 6.07) is 1.42. The van der Waals surface area contributed by atoms with Crippen molar-refractivity contribution >= 4 is 44.9 Å². The van der Waals surface area contributed by atoms with E-state index in [0.717, 1.165) is 5.39 Å². The number of hydrogen-bond donors (Lipinski definition) is 2. The Balaban J connectivity index is 2.26. The summed E-state index contributed by atoms with van der Waals surface area (Å²) in [5, 5.41) is 6.16. The minimum Gasteiger partial charge on any atom is -0.354 e. The topological polar surface area (TPSA) is 74.3 Å². The van der Waals surface area contributed by atoms with E-state index >= 15 is 0 Å². The molecule has 3 heterocycles. The van der Waals surface area contributed by atoms with Crippen LogP contribution in [0.4, 0.5) is 16.2 Å². The summed E-state index contributed by atoms with van der Waals surface area (Å²) < 4.78 is 0. The molecule has 3 amide bonds. The number of hydrogen-bond acceptors (Lipinski definition) is 4. The van der Waals surface area contributed by atoms with Gasteiger partial charge in [0.1, 0.15) is 9.71 Å². The molecule has 0 aromatic carbocycles. The third-order valence-electron chi connectivity index (χ3n) is 3.61. The summed E-state index contributed by atoms with van der Waals surface area (Å²) in [5.74, 6) is -0.249. The van der Waals surface area contributed by atoms with E-state index in [-0.39, 0.29) is 11.9 Å². The van der Waals surface area contributed by atoms with Gasteiger partial charge in [0.05, 0.1) is 22.5 Å². The molecule has 1 aliphatic heterocycles. The van der Waals surface area contributed by atoms with Crippen LogP contribution in [0.15, 0.2) is 48.8 Å². The van der Waals surface area contributed by atoms with Gasteiger partial charge in [0, 0.05) is 13.2 Å². The predicted octanol–water partition coefficient (Wildman–Crippen LogP) is 3.65. The van der Waals surface area contributed by atoms with Gasteiger partial charge < -0.3 is 10.6 Å². The second-order valence-corrected chi connectivity index (χ2v) is 5.98. The molecular weight excluding hydrogens is 324 g/mol. The van der Waals surface area contributed by atoms with Crippen molar-refractivity contribution in [3.63, 3.8) is 0 Å². The van der Waals surface area contributed by atoms with E-state index < -0.39 is 0 Å². The van der Waals surface area contributed by atoms with E-state index in [4.69, 9.17) is 0 Å². The number of nitrogens with one attached hydrogen (secondary N) is 2. The van der Waals surface area contributed by atoms with Gasteiger partial charge in [-0.1, -0.05) is 18.7 Å². The molecule has 2 aromatic heterocycles. The van der Waals surface area contributed by atoms with Crippen molar-refractivity contribution in [1.82, 2.24) is 10.3 Å². The smallest absolute Gasteiger partial charge is 0.331 e. The molecule has 0 atom stereocenters. The van der Waals surface area contributed by atoms with Crippen molar-refractivity contribution in [2.45, 2.75) is 6.92 Å². The van der Waals surface area contributed by atoms with Gasteiger partial charge in [0.25, 0.3) is 5.91 Å². The van der Waals surface area contributed by atoms with Crippen LogP contribution in [-0.2, 0) is 0 Å². The Labute approximate surface area is 143 Å². The third-order valence-corrected chi connectivity index (χ3v) is 4.70. The summed E-state index contributed by atoms with van der Waals surface area (Å²) in [4.78, 5) is 31.8. The van der Waals surface area contributed by atoms with Gasteiger partial charge >= 0.3 is 6.03 Å². The summed E-state index contributed by atoms with van der Waals surface area (Å²) in [7, 11) is 1.56. The summed E-state index contributed by atoms with van der Waals surface area (Å²) in [6.07, 6.45) is 8.75. The first-order valence-electron chi connectivity index (χ1n) is 7.32. The fraction of sp³-hybridized carbons (Fsp3) is 0.118. The first-order valence-corrected chi connectivity index (χ1v) is 8.14. The molecule has 0 bridgehead atoms. The normalized spacial score (nSPS) is 14.2. The van der Waals surface area contributed by atoms with E-state index in [2.05, 4.69) is 22.2 Å². The fourth-order valence-electron chi connectivity index (χ4n) is 2.54. The minimum atomic E-state index is -0.339. The molecule has 1 aliphatic rings. The molecule has 2 aromatic rings. The monoisotopic (exact) mass is 340 g/mol. The van der Waals surface area contributed by atoms with Gasteiger partial charge in [-0.15, -0.1) is 11.3 Å². The predicted molar refractivity (Wildman–Crippen MR) is 97.6 cm³/mol. The highest BCUT2D eigenvalue weighted by atomic mass is 32.1. The first kappa shape index (κ1) is 15.9. The van der Waals surface area contributed by atoms with Crippen LogP contribution < -0.4 is 15.5 Å². The average molecular weight is 340 g/mol.